The lowest BCUT2D eigenvalue weighted by atomic mass is 10.2. The molecule has 0 radical (unpaired) electrons. The van der Waals surface area contributed by atoms with Gasteiger partial charge in [-0.2, -0.15) is 0 Å². The monoisotopic (exact) mass is 439 g/mol. The van der Waals surface area contributed by atoms with Crippen LogP contribution < -0.4 is 9.47 Å². The Labute approximate surface area is 172 Å². The minimum atomic E-state index is -3.05. The van der Waals surface area contributed by atoms with E-state index in [-0.39, 0.29) is 41.2 Å². The van der Waals surface area contributed by atoms with E-state index in [0.29, 0.717) is 35.9 Å². The maximum Gasteiger partial charge on any atom is 0.277 e. The zero-order valence-electron chi connectivity index (χ0n) is 15.9. The highest BCUT2D eigenvalue weighted by Gasteiger charge is 2.34. The molecule has 0 aliphatic carbocycles. The molecule has 1 amide bonds. The van der Waals surface area contributed by atoms with E-state index in [9.17, 15) is 13.2 Å². The van der Waals surface area contributed by atoms with E-state index in [1.807, 2.05) is 6.92 Å². The number of sulfone groups is 1. The number of carbonyl (C=O) groups excluding carboxylic acids is 1. The van der Waals surface area contributed by atoms with Gasteiger partial charge in [-0.3, -0.25) is 4.79 Å². The Hall–Kier alpha value is -2.27. The largest absolute Gasteiger partial charge is 0.454 e. The number of nitrogens with zero attached hydrogens (tertiary/aromatic N) is 3. The van der Waals surface area contributed by atoms with Crippen molar-refractivity contribution in [2.45, 2.75) is 31.0 Å². The summed E-state index contributed by atoms with van der Waals surface area (Å²) in [5.41, 5.74) is 0.698. The molecule has 0 unspecified atom stereocenters. The summed E-state index contributed by atoms with van der Waals surface area (Å²) in [6, 6.07) is 5.08. The van der Waals surface area contributed by atoms with Crippen LogP contribution in [0.15, 0.2) is 27.8 Å². The van der Waals surface area contributed by atoms with Gasteiger partial charge >= 0.3 is 0 Å². The van der Waals surface area contributed by atoms with Crippen LogP contribution in [0.5, 0.6) is 11.5 Å². The quantitative estimate of drug-likeness (QED) is 0.598. The Bertz CT molecular complexity index is 1010. The fourth-order valence-corrected chi connectivity index (χ4v) is 5.77. The van der Waals surface area contributed by atoms with Crippen LogP contribution in [0.4, 0.5) is 0 Å². The number of fused-ring (bicyclic) bond motifs is 1. The van der Waals surface area contributed by atoms with Crippen LogP contribution in [0.3, 0.4) is 0 Å². The predicted octanol–water partition coefficient (Wildman–Crippen LogP) is 1.98. The second kappa shape index (κ2) is 8.23. The lowest BCUT2D eigenvalue weighted by Crippen LogP contribution is -2.42. The maximum absolute atomic E-state index is 12.7. The van der Waals surface area contributed by atoms with Gasteiger partial charge in [0.2, 0.25) is 18.6 Å². The lowest BCUT2D eigenvalue weighted by Gasteiger charge is -2.27. The first-order chi connectivity index (χ1) is 13.9. The molecule has 1 atom stereocenters. The molecule has 3 heterocycles. The lowest BCUT2D eigenvalue weighted by molar-refractivity contribution is -0.130. The normalized spacial score (nSPS) is 19.4. The third kappa shape index (κ3) is 4.50. The molecule has 2 aromatic rings. The number of amides is 1. The van der Waals surface area contributed by atoms with Crippen LogP contribution in [0.1, 0.15) is 19.8 Å². The van der Waals surface area contributed by atoms with Crippen LogP contribution in [-0.2, 0) is 14.6 Å². The van der Waals surface area contributed by atoms with E-state index in [0.717, 1.165) is 18.2 Å². The third-order valence-corrected chi connectivity index (χ3v) is 7.33. The molecule has 1 fully saturated rings. The van der Waals surface area contributed by atoms with Gasteiger partial charge in [0.15, 0.2) is 21.3 Å². The van der Waals surface area contributed by atoms with Gasteiger partial charge < -0.3 is 18.8 Å². The number of carbonyl (C=O) groups is 1. The highest BCUT2D eigenvalue weighted by atomic mass is 32.2. The van der Waals surface area contributed by atoms with Crippen molar-refractivity contribution in [3.63, 3.8) is 0 Å². The first kappa shape index (κ1) is 20.0. The van der Waals surface area contributed by atoms with Crippen molar-refractivity contribution in [3.05, 3.63) is 18.2 Å². The molecule has 11 heteroatoms. The van der Waals surface area contributed by atoms with E-state index >= 15 is 0 Å². The molecule has 1 aromatic carbocycles. The summed E-state index contributed by atoms with van der Waals surface area (Å²) in [4.78, 5) is 14.4. The molecule has 0 N–H and O–H groups in total. The molecule has 29 heavy (non-hydrogen) atoms. The summed E-state index contributed by atoms with van der Waals surface area (Å²) in [5, 5.41) is 8.30. The molecule has 4 rings (SSSR count). The van der Waals surface area contributed by atoms with Gasteiger partial charge in [-0.1, -0.05) is 18.7 Å². The van der Waals surface area contributed by atoms with Crippen LogP contribution in [0.2, 0.25) is 0 Å². The second-order valence-electron chi connectivity index (χ2n) is 6.87. The smallest absolute Gasteiger partial charge is 0.277 e. The molecule has 1 aromatic heterocycles. The first-order valence-electron chi connectivity index (χ1n) is 9.31. The van der Waals surface area contributed by atoms with Crippen LogP contribution in [0, 0.1) is 0 Å². The summed E-state index contributed by atoms with van der Waals surface area (Å²) >= 11 is 1.15. The molecule has 1 saturated heterocycles. The molecule has 0 saturated carbocycles. The van der Waals surface area contributed by atoms with Crippen molar-refractivity contribution in [3.8, 4) is 23.0 Å². The predicted molar refractivity (Wildman–Crippen MR) is 106 cm³/mol. The van der Waals surface area contributed by atoms with Gasteiger partial charge in [0.1, 0.15) is 0 Å². The molecular formula is C18H21N3O6S2. The standard InChI is InChI=1S/C18H21N3O6S2/c1-2-6-21(13-5-7-29(23,24)10-13)16(22)9-28-18-20-19-17(27-18)12-3-4-14-15(8-12)26-11-25-14/h3-4,8,13H,2,5-7,9-11H2,1H3/t13-/m0/s1. The first-order valence-corrected chi connectivity index (χ1v) is 12.1. The topological polar surface area (TPSA) is 112 Å². The number of aromatic nitrogens is 2. The summed E-state index contributed by atoms with van der Waals surface area (Å²) in [6.45, 7) is 2.68. The molecule has 0 spiro atoms. The minimum Gasteiger partial charge on any atom is -0.454 e. The summed E-state index contributed by atoms with van der Waals surface area (Å²) < 4.78 is 39.8. The van der Waals surface area contributed by atoms with Crippen molar-refractivity contribution in [2.24, 2.45) is 0 Å². The Balaban J connectivity index is 1.39. The van der Waals surface area contributed by atoms with Gasteiger partial charge in [0.25, 0.3) is 5.22 Å². The van der Waals surface area contributed by atoms with Gasteiger partial charge in [-0.25, -0.2) is 8.42 Å². The van der Waals surface area contributed by atoms with Gasteiger partial charge in [0.05, 0.1) is 17.3 Å². The molecule has 2 aliphatic rings. The molecule has 2 aliphatic heterocycles. The number of hydrogen-bond donors (Lipinski definition) is 0. The minimum absolute atomic E-state index is 0.0399. The molecule has 0 bridgehead atoms. The number of ether oxygens (including phenoxy) is 2. The Morgan fingerprint density at radius 3 is 2.86 bits per heavy atom. The van der Waals surface area contributed by atoms with E-state index in [4.69, 9.17) is 13.9 Å². The summed E-state index contributed by atoms with van der Waals surface area (Å²) in [7, 11) is -3.05. The van der Waals surface area contributed by atoms with E-state index in [1.165, 1.54) is 0 Å². The van der Waals surface area contributed by atoms with E-state index < -0.39 is 9.84 Å². The zero-order valence-corrected chi connectivity index (χ0v) is 17.5. The average Bonchev–Trinajstić information content (AvgIpc) is 3.42. The Kier molecular flexibility index (Phi) is 5.68. The SMILES string of the molecule is CCCN(C(=O)CSc1nnc(-c2ccc3c(c2)OCO3)o1)[C@H]1CCS(=O)(=O)C1. The summed E-state index contributed by atoms with van der Waals surface area (Å²) in [5.74, 6) is 1.77. The number of rotatable bonds is 7. The second-order valence-corrected chi connectivity index (χ2v) is 10.0. The third-order valence-electron chi connectivity index (χ3n) is 4.78. The van der Waals surface area contributed by atoms with Crippen molar-refractivity contribution < 1.29 is 27.1 Å². The number of thioether (sulfide) groups is 1. The van der Waals surface area contributed by atoms with Crippen molar-refractivity contribution in [1.29, 1.82) is 0 Å². The van der Waals surface area contributed by atoms with Gasteiger partial charge in [-0.05, 0) is 31.0 Å². The van der Waals surface area contributed by atoms with Crippen molar-refractivity contribution in [1.82, 2.24) is 15.1 Å². The molecular weight excluding hydrogens is 418 g/mol. The highest BCUT2D eigenvalue weighted by Crippen LogP contribution is 2.36. The fourth-order valence-electron chi connectivity index (χ4n) is 3.39. The highest BCUT2D eigenvalue weighted by molar-refractivity contribution is 7.99. The number of benzene rings is 1. The molecule has 156 valence electrons. The zero-order chi connectivity index (χ0) is 20.4. The van der Waals surface area contributed by atoms with Gasteiger partial charge in [-0.15, -0.1) is 10.2 Å². The van der Waals surface area contributed by atoms with Crippen molar-refractivity contribution in [2.75, 3.05) is 30.6 Å². The summed E-state index contributed by atoms with van der Waals surface area (Å²) in [6.07, 6.45) is 1.26. The molecule has 9 nitrogen and oxygen atoms in total. The van der Waals surface area contributed by atoms with Crippen LogP contribution >= 0.6 is 11.8 Å². The van der Waals surface area contributed by atoms with Crippen LogP contribution in [0.25, 0.3) is 11.5 Å². The maximum atomic E-state index is 12.7. The Morgan fingerprint density at radius 2 is 2.10 bits per heavy atom. The average molecular weight is 440 g/mol. The number of hydrogen-bond acceptors (Lipinski definition) is 9. The van der Waals surface area contributed by atoms with E-state index in [1.54, 1.807) is 23.1 Å². The van der Waals surface area contributed by atoms with E-state index in [2.05, 4.69) is 10.2 Å². The fraction of sp³-hybridized carbons (Fsp3) is 0.500. The van der Waals surface area contributed by atoms with Crippen LogP contribution in [-0.4, -0.2) is 66.1 Å². The Morgan fingerprint density at radius 1 is 1.28 bits per heavy atom. The van der Waals surface area contributed by atoms with Gasteiger partial charge in [0, 0.05) is 18.2 Å². The van der Waals surface area contributed by atoms with Crippen molar-refractivity contribution >= 4 is 27.5 Å².